The Balaban J connectivity index is 1.78. The first kappa shape index (κ1) is 20.7. The molecule has 0 atom stereocenters. The van der Waals surface area contributed by atoms with E-state index in [1.54, 1.807) is 11.8 Å². The SMILES string of the molecule is CC(=O)N(c1ccc(C)cc1)c1nc(CN(Cc2ccc(C)s2)C(C)C)cs1. The summed E-state index contributed by atoms with van der Waals surface area (Å²) in [5.41, 5.74) is 3.03. The standard InChI is InChI=1S/C22H27N3OS2/c1-15(2)24(13-21-11-8-17(4)28-21)12-19-14-27-22(23-19)25(18(5)26)20-9-6-16(3)7-10-20/h6-11,14-15H,12-13H2,1-5H3. The van der Waals surface area contributed by atoms with E-state index in [0.717, 1.165) is 29.6 Å². The van der Waals surface area contributed by atoms with E-state index >= 15 is 0 Å². The Morgan fingerprint density at radius 2 is 1.79 bits per heavy atom. The largest absolute Gasteiger partial charge is 0.290 e. The van der Waals surface area contributed by atoms with E-state index in [1.807, 2.05) is 42.5 Å². The van der Waals surface area contributed by atoms with Crippen molar-refractivity contribution in [2.75, 3.05) is 4.90 Å². The highest BCUT2D eigenvalue weighted by Gasteiger charge is 2.19. The van der Waals surface area contributed by atoms with Crippen LogP contribution in [0.25, 0.3) is 0 Å². The number of hydrogen-bond acceptors (Lipinski definition) is 5. The van der Waals surface area contributed by atoms with E-state index in [-0.39, 0.29) is 5.91 Å². The first-order valence-electron chi connectivity index (χ1n) is 9.44. The monoisotopic (exact) mass is 413 g/mol. The zero-order valence-corrected chi connectivity index (χ0v) is 18.7. The second-order valence-corrected chi connectivity index (χ2v) is 9.53. The van der Waals surface area contributed by atoms with E-state index in [0.29, 0.717) is 6.04 Å². The van der Waals surface area contributed by atoms with Crippen LogP contribution in [-0.4, -0.2) is 21.8 Å². The molecule has 0 spiro atoms. The lowest BCUT2D eigenvalue weighted by Crippen LogP contribution is -2.29. The Bertz CT molecular complexity index is 927. The second-order valence-electron chi connectivity index (χ2n) is 7.32. The maximum absolute atomic E-state index is 12.3. The van der Waals surface area contributed by atoms with Gasteiger partial charge < -0.3 is 0 Å². The van der Waals surface area contributed by atoms with Gasteiger partial charge in [0, 0.05) is 41.2 Å². The molecule has 2 heterocycles. The molecule has 3 aromatic rings. The normalized spacial score (nSPS) is 11.4. The van der Waals surface area contributed by atoms with Crippen molar-refractivity contribution in [2.45, 2.75) is 53.8 Å². The summed E-state index contributed by atoms with van der Waals surface area (Å²) in [5, 5.41) is 2.79. The number of rotatable bonds is 7. The molecule has 1 aromatic carbocycles. The fraction of sp³-hybridized carbons (Fsp3) is 0.364. The van der Waals surface area contributed by atoms with Gasteiger partial charge in [-0.1, -0.05) is 17.7 Å². The van der Waals surface area contributed by atoms with Crippen LogP contribution in [0.5, 0.6) is 0 Å². The molecule has 0 saturated heterocycles. The van der Waals surface area contributed by atoms with Gasteiger partial charge in [0.15, 0.2) is 5.13 Å². The topological polar surface area (TPSA) is 36.4 Å². The summed E-state index contributed by atoms with van der Waals surface area (Å²) in [6.07, 6.45) is 0. The second kappa shape index (κ2) is 8.99. The molecule has 0 N–H and O–H groups in total. The summed E-state index contributed by atoms with van der Waals surface area (Å²) in [6, 6.07) is 12.8. The van der Waals surface area contributed by atoms with Crippen molar-refractivity contribution < 1.29 is 4.79 Å². The maximum Gasteiger partial charge on any atom is 0.230 e. The number of aromatic nitrogens is 1. The van der Waals surface area contributed by atoms with E-state index in [2.05, 4.69) is 43.2 Å². The molecule has 28 heavy (non-hydrogen) atoms. The minimum absolute atomic E-state index is 0.0282. The fourth-order valence-corrected chi connectivity index (χ4v) is 4.79. The predicted octanol–water partition coefficient (Wildman–Crippen LogP) is 5.92. The average molecular weight is 414 g/mol. The molecule has 0 aliphatic rings. The van der Waals surface area contributed by atoms with Gasteiger partial charge in [0.1, 0.15) is 0 Å². The third-order valence-electron chi connectivity index (χ3n) is 4.59. The van der Waals surface area contributed by atoms with Gasteiger partial charge in [-0.3, -0.25) is 14.6 Å². The first-order chi connectivity index (χ1) is 13.3. The van der Waals surface area contributed by atoms with Gasteiger partial charge >= 0.3 is 0 Å². The molecule has 1 amide bonds. The van der Waals surface area contributed by atoms with Gasteiger partial charge in [0.05, 0.1) is 11.4 Å². The highest BCUT2D eigenvalue weighted by atomic mass is 32.1. The van der Waals surface area contributed by atoms with Crippen molar-refractivity contribution in [3.63, 3.8) is 0 Å². The third kappa shape index (κ3) is 5.07. The first-order valence-corrected chi connectivity index (χ1v) is 11.1. The van der Waals surface area contributed by atoms with Gasteiger partial charge in [-0.25, -0.2) is 4.98 Å². The Morgan fingerprint density at radius 1 is 1.07 bits per heavy atom. The number of hydrogen-bond donors (Lipinski definition) is 0. The van der Waals surface area contributed by atoms with E-state index in [9.17, 15) is 4.79 Å². The number of nitrogens with zero attached hydrogens (tertiary/aromatic N) is 3. The molecule has 0 bridgehead atoms. The minimum atomic E-state index is -0.0282. The van der Waals surface area contributed by atoms with Gasteiger partial charge in [-0.05, 0) is 52.0 Å². The molecule has 0 fully saturated rings. The van der Waals surface area contributed by atoms with Gasteiger partial charge in [-0.15, -0.1) is 22.7 Å². The lowest BCUT2D eigenvalue weighted by molar-refractivity contribution is -0.115. The van der Waals surface area contributed by atoms with Crippen LogP contribution in [0, 0.1) is 13.8 Å². The van der Waals surface area contributed by atoms with Crippen molar-refractivity contribution in [3.8, 4) is 0 Å². The van der Waals surface area contributed by atoms with Gasteiger partial charge in [0.25, 0.3) is 0 Å². The number of carbonyl (C=O) groups excluding carboxylic acids is 1. The van der Waals surface area contributed by atoms with Crippen LogP contribution in [0.1, 0.15) is 41.8 Å². The van der Waals surface area contributed by atoms with Crippen LogP contribution in [0.3, 0.4) is 0 Å². The highest BCUT2D eigenvalue weighted by Crippen LogP contribution is 2.30. The van der Waals surface area contributed by atoms with E-state index in [4.69, 9.17) is 4.98 Å². The molecule has 2 aromatic heterocycles. The van der Waals surface area contributed by atoms with Crippen LogP contribution in [0.15, 0.2) is 41.8 Å². The number of thiophene rings is 1. The van der Waals surface area contributed by atoms with Crippen LogP contribution < -0.4 is 4.90 Å². The summed E-state index contributed by atoms with van der Waals surface area (Å²) in [7, 11) is 0. The molecule has 0 aliphatic carbocycles. The van der Waals surface area contributed by atoms with Crippen molar-refractivity contribution >= 4 is 39.4 Å². The summed E-state index contributed by atoms with van der Waals surface area (Å²) in [4.78, 5) is 23.9. The summed E-state index contributed by atoms with van der Waals surface area (Å²) < 4.78 is 0. The Kier molecular flexibility index (Phi) is 6.65. The Labute approximate surface area is 175 Å². The van der Waals surface area contributed by atoms with E-state index < -0.39 is 0 Å². The smallest absolute Gasteiger partial charge is 0.230 e. The van der Waals surface area contributed by atoms with Crippen molar-refractivity contribution in [1.82, 2.24) is 9.88 Å². The number of carbonyl (C=O) groups is 1. The molecule has 0 radical (unpaired) electrons. The zero-order chi connectivity index (χ0) is 20.3. The maximum atomic E-state index is 12.3. The molecule has 6 heteroatoms. The van der Waals surface area contributed by atoms with Crippen LogP contribution in [0.2, 0.25) is 0 Å². The molecular weight excluding hydrogens is 386 g/mol. The number of aryl methyl sites for hydroxylation is 2. The zero-order valence-electron chi connectivity index (χ0n) is 17.1. The van der Waals surface area contributed by atoms with Crippen LogP contribution in [-0.2, 0) is 17.9 Å². The summed E-state index contributed by atoms with van der Waals surface area (Å²) >= 11 is 3.36. The van der Waals surface area contributed by atoms with Gasteiger partial charge in [0.2, 0.25) is 5.91 Å². The van der Waals surface area contributed by atoms with Crippen LogP contribution in [0.4, 0.5) is 10.8 Å². The molecule has 4 nitrogen and oxygen atoms in total. The van der Waals surface area contributed by atoms with Crippen LogP contribution >= 0.6 is 22.7 Å². The fourth-order valence-electron chi connectivity index (χ4n) is 2.99. The lowest BCUT2D eigenvalue weighted by Gasteiger charge is -2.25. The number of amides is 1. The molecule has 3 rings (SSSR count). The molecule has 0 unspecified atom stereocenters. The lowest BCUT2D eigenvalue weighted by atomic mass is 10.2. The highest BCUT2D eigenvalue weighted by molar-refractivity contribution is 7.14. The van der Waals surface area contributed by atoms with Crippen molar-refractivity contribution in [1.29, 1.82) is 0 Å². The average Bonchev–Trinajstić information content (AvgIpc) is 3.25. The third-order valence-corrected chi connectivity index (χ3v) is 6.45. The van der Waals surface area contributed by atoms with Gasteiger partial charge in [-0.2, -0.15) is 0 Å². The molecule has 0 aliphatic heterocycles. The van der Waals surface area contributed by atoms with Crippen molar-refractivity contribution in [2.24, 2.45) is 0 Å². The predicted molar refractivity (Wildman–Crippen MR) is 120 cm³/mol. The molecule has 148 valence electrons. The Hall–Kier alpha value is -2.02. The Morgan fingerprint density at radius 3 is 2.36 bits per heavy atom. The number of anilines is 2. The quantitative estimate of drug-likeness (QED) is 0.483. The van der Waals surface area contributed by atoms with Crippen molar-refractivity contribution in [3.05, 3.63) is 62.8 Å². The molecular formula is C22H27N3OS2. The minimum Gasteiger partial charge on any atom is -0.290 e. The molecule has 0 saturated carbocycles. The number of benzene rings is 1. The summed E-state index contributed by atoms with van der Waals surface area (Å²) in [5.74, 6) is -0.0282. The summed E-state index contributed by atoms with van der Waals surface area (Å²) in [6.45, 7) is 11.9. The number of thiazole rings is 1. The van der Waals surface area contributed by atoms with E-state index in [1.165, 1.54) is 26.7 Å².